The molecule has 3 heteroatoms. The smallest absolute Gasteiger partial charge is 0.310 e. The topological polar surface area (TPSA) is 54.4 Å². The van der Waals surface area contributed by atoms with Gasteiger partial charge in [0.15, 0.2) is 5.78 Å². The van der Waals surface area contributed by atoms with E-state index in [1.165, 1.54) is 0 Å². The van der Waals surface area contributed by atoms with Crippen LogP contribution in [0.15, 0.2) is 11.1 Å². The van der Waals surface area contributed by atoms with Gasteiger partial charge in [0, 0.05) is 6.42 Å². The van der Waals surface area contributed by atoms with Gasteiger partial charge < -0.3 is 5.11 Å². The average molecular weight is 182 g/mol. The van der Waals surface area contributed by atoms with Crippen LogP contribution in [0.1, 0.15) is 33.1 Å². The molecule has 1 aliphatic rings. The largest absolute Gasteiger partial charge is 0.481 e. The van der Waals surface area contributed by atoms with Crippen molar-refractivity contribution in [1.82, 2.24) is 0 Å². The van der Waals surface area contributed by atoms with Gasteiger partial charge in [-0.3, -0.25) is 9.59 Å². The Morgan fingerprint density at radius 1 is 1.62 bits per heavy atom. The quantitative estimate of drug-likeness (QED) is 0.708. The zero-order chi connectivity index (χ0) is 10.0. The Balaban J connectivity index is 3.02. The molecule has 0 aromatic rings. The van der Waals surface area contributed by atoms with Gasteiger partial charge in [-0.25, -0.2) is 0 Å². The molecular formula is C10H14O3. The second kappa shape index (κ2) is 3.73. The summed E-state index contributed by atoms with van der Waals surface area (Å²) in [6.45, 7) is 3.65. The highest BCUT2D eigenvalue weighted by molar-refractivity contribution is 5.98. The van der Waals surface area contributed by atoms with Crippen molar-refractivity contribution >= 4 is 11.8 Å². The van der Waals surface area contributed by atoms with Crippen molar-refractivity contribution in [3.05, 3.63) is 11.1 Å². The van der Waals surface area contributed by atoms with Crippen molar-refractivity contribution in [2.75, 3.05) is 0 Å². The summed E-state index contributed by atoms with van der Waals surface area (Å²) in [7, 11) is 0. The Kier molecular flexibility index (Phi) is 2.86. The summed E-state index contributed by atoms with van der Waals surface area (Å²) in [6, 6.07) is 0. The molecule has 0 spiro atoms. The Hall–Kier alpha value is -1.12. The Bertz CT molecular complexity index is 276. The van der Waals surface area contributed by atoms with Crippen LogP contribution >= 0.6 is 0 Å². The molecular weight excluding hydrogens is 168 g/mol. The van der Waals surface area contributed by atoms with Crippen LogP contribution in [0.5, 0.6) is 0 Å². The van der Waals surface area contributed by atoms with Gasteiger partial charge in [-0.15, -0.1) is 0 Å². The Labute approximate surface area is 77.4 Å². The maximum Gasteiger partial charge on any atom is 0.310 e. The third-order valence-electron chi connectivity index (χ3n) is 2.65. The number of hydrogen-bond donors (Lipinski definition) is 1. The predicted octanol–water partition coefficient (Wildman–Crippen LogP) is 1.78. The van der Waals surface area contributed by atoms with Gasteiger partial charge in [-0.05, 0) is 25.3 Å². The number of carbonyl (C=O) groups is 2. The normalized spacial score (nSPS) is 23.5. The maximum absolute atomic E-state index is 11.4. The van der Waals surface area contributed by atoms with E-state index in [1.54, 1.807) is 6.92 Å². The summed E-state index contributed by atoms with van der Waals surface area (Å²) in [6.07, 6.45) is 1.50. The highest BCUT2D eigenvalue weighted by Crippen LogP contribution is 2.29. The fourth-order valence-electron chi connectivity index (χ4n) is 1.86. The molecule has 0 aromatic heterocycles. The first-order valence-corrected chi connectivity index (χ1v) is 4.53. The zero-order valence-electron chi connectivity index (χ0n) is 7.96. The lowest BCUT2D eigenvalue weighted by atomic mass is 9.82. The second-order valence-electron chi connectivity index (χ2n) is 3.37. The number of Topliss-reactive ketones (excluding diaryl/α,β-unsaturated/α-hetero) is 1. The van der Waals surface area contributed by atoms with Gasteiger partial charge in [-0.2, -0.15) is 0 Å². The molecule has 0 saturated carbocycles. The van der Waals surface area contributed by atoms with E-state index in [9.17, 15) is 9.59 Å². The molecule has 0 aliphatic heterocycles. The SMILES string of the molecule is CCC1=C(C)C(C(=O)O)CCC1=O. The predicted molar refractivity (Wildman–Crippen MR) is 48.4 cm³/mol. The molecule has 1 atom stereocenters. The van der Waals surface area contributed by atoms with Crippen LogP contribution in [-0.2, 0) is 9.59 Å². The first kappa shape index (κ1) is 9.96. The highest BCUT2D eigenvalue weighted by Gasteiger charge is 2.29. The van der Waals surface area contributed by atoms with E-state index in [0.29, 0.717) is 19.3 Å². The summed E-state index contributed by atoms with van der Waals surface area (Å²) in [5, 5.41) is 8.86. The van der Waals surface area contributed by atoms with Gasteiger partial charge in [0.05, 0.1) is 5.92 Å². The van der Waals surface area contributed by atoms with Crippen molar-refractivity contribution in [2.45, 2.75) is 33.1 Å². The average Bonchev–Trinajstić information content (AvgIpc) is 2.04. The van der Waals surface area contributed by atoms with E-state index < -0.39 is 11.9 Å². The molecule has 1 aliphatic carbocycles. The monoisotopic (exact) mass is 182 g/mol. The lowest BCUT2D eigenvalue weighted by molar-refractivity contribution is -0.140. The van der Waals surface area contributed by atoms with E-state index in [1.807, 2.05) is 6.92 Å². The number of hydrogen-bond acceptors (Lipinski definition) is 2. The van der Waals surface area contributed by atoms with E-state index in [0.717, 1.165) is 11.1 Å². The molecule has 0 aromatic carbocycles. The standard InChI is InChI=1S/C10H14O3/c1-3-7-6(2)8(10(12)13)4-5-9(7)11/h8H,3-5H2,1-2H3,(H,12,13). The number of aliphatic carboxylic acids is 1. The molecule has 0 amide bonds. The van der Waals surface area contributed by atoms with Crippen LogP contribution in [0, 0.1) is 5.92 Å². The summed E-state index contributed by atoms with van der Waals surface area (Å²) in [5.74, 6) is -1.12. The minimum atomic E-state index is -0.809. The molecule has 0 radical (unpaired) electrons. The summed E-state index contributed by atoms with van der Waals surface area (Å²) < 4.78 is 0. The van der Waals surface area contributed by atoms with Gasteiger partial charge in [0.2, 0.25) is 0 Å². The van der Waals surface area contributed by atoms with E-state index in [4.69, 9.17) is 5.11 Å². The first-order chi connectivity index (χ1) is 6.07. The van der Waals surface area contributed by atoms with Crippen LogP contribution in [0.2, 0.25) is 0 Å². The van der Waals surface area contributed by atoms with Crippen LogP contribution in [0.3, 0.4) is 0 Å². The maximum atomic E-state index is 11.4. The fourth-order valence-corrected chi connectivity index (χ4v) is 1.86. The van der Waals surface area contributed by atoms with Gasteiger partial charge in [0.1, 0.15) is 0 Å². The molecule has 0 heterocycles. The van der Waals surface area contributed by atoms with Crippen molar-refractivity contribution in [2.24, 2.45) is 5.92 Å². The number of allylic oxidation sites excluding steroid dienone is 1. The number of carboxylic acid groups (broad SMARTS) is 1. The van der Waals surface area contributed by atoms with E-state index in [2.05, 4.69) is 0 Å². The molecule has 13 heavy (non-hydrogen) atoms. The van der Waals surface area contributed by atoms with Gasteiger partial charge in [-0.1, -0.05) is 12.5 Å². The van der Waals surface area contributed by atoms with E-state index in [-0.39, 0.29) is 5.78 Å². The third kappa shape index (κ3) is 1.79. The van der Waals surface area contributed by atoms with Crippen molar-refractivity contribution < 1.29 is 14.7 Å². The Morgan fingerprint density at radius 2 is 2.23 bits per heavy atom. The number of carboxylic acids is 1. The van der Waals surface area contributed by atoms with Crippen molar-refractivity contribution in [1.29, 1.82) is 0 Å². The molecule has 1 rings (SSSR count). The molecule has 0 fully saturated rings. The van der Waals surface area contributed by atoms with Crippen LogP contribution in [0.4, 0.5) is 0 Å². The van der Waals surface area contributed by atoms with Crippen LogP contribution < -0.4 is 0 Å². The van der Waals surface area contributed by atoms with Crippen molar-refractivity contribution in [3.63, 3.8) is 0 Å². The number of ketones is 1. The minimum absolute atomic E-state index is 0.123. The summed E-state index contributed by atoms with van der Waals surface area (Å²) >= 11 is 0. The number of rotatable bonds is 2. The molecule has 0 saturated heterocycles. The van der Waals surface area contributed by atoms with Gasteiger partial charge in [0.25, 0.3) is 0 Å². The summed E-state index contributed by atoms with van der Waals surface area (Å²) in [5.41, 5.74) is 1.48. The zero-order valence-corrected chi connectivity index (χ0v) is 7.96. The Morgan fingerprint density at radius 3 is 2.69 bits per heavy atom. The fraction of sp³-hybridized carbons (Fsp3) is 0.600. The van der Waals surface area contributed by atoms with E-state index >= 15 is 0 Å². The molecule has 0 bridgehead atoms. The van der Waals surface area contributed by atoms with Gasteiger partial charge >= 0.3 is 5.97 Å². The third-order valence-corrected chi connectivity index (χ3v) is 2.65. The molecule has 72 valence electrons. The lowest BCUT2D eigenvalue weighted by Crippen LogP contribution is -2.24. The number of carbonyl (C=O) groups excluding carboxylic acids is 1. The second-order valence-corrected chi connectivity index (χ2v) is 3.37. The first-order valence-electron chi connectivity index (χ1n) is 4.53. The molecule has 1 unspecified atom stereocenters. The van der Waals surface area contributed by atoms with Crippen LogP contribution in [0.25, 0.3) is 0 Å². The molecule has 1 N–H and O–H groups in total. The highest BCUT2D eigenvalue weighted by atomic mass is 16.4. The van der Waals surface area contributed by atoms with Crippen LogP contribution in [-0.4, -0.2) is 16.9 Å². The minimum Gasteiger partial charge on any atom is -0.481 e. The molecule has 3 nitrogen and oxygen atoms in total. The summed E-state index contributed by atoms with van der Waals surface area (Å²) in [4.78, 5) is 22.1. The van der Waals surface area contributed by atoms with Crippen molar-refractivity contribution in [3.8, 4) is 0 Å². The lowest BCUT2D eigenvalue weighted by Gasteiger charge is -2.21.